The molecule has 4 nitrogen and oxygen atoms in total. The number of carbonyl (C=O) groups is 2. The summed E-state index contributed by atoms with van der Waals surface area (Å²) in [6, 6.07) is 5.94. The van der Waals surface area contributed by atoms with Crippen molar-refractivity contribution >= 4 is 11.9 Å². The van der Waals surface area contributed by atoms with Gasteiger partial charge in [0.25, 0.3) is 0 Å². The van der Waals surface area contributed by atoms with Gasteiger partial charge in [0.1, 0.15) is 5.82 Å². The highest BCUT2D eigenvalue weighted by Crippen LogP contribution is 2.22. The summed E-state index contributed by atoms with van der Waals surface area (Å²) in [6.07, 6.45) is 3.69. The van der Waals surface area contributed by atoms with Crippen LogP contribution in [0.4, 0.5) is 4.39 Å². The van der Waals surface area contributed by atoms with Gasteiger partial charge in [0.2, 0.25) is 5.91 Å². The Morgan fingerprint density at radius 3 is 2.62 bits per heavy atom. The summed E-state index contributed by atoms with van der Waals surface area (Å²) in [7, 11) is 0. The minimum absolute atomic E-state index is 0.00306. The fourth-order valence-electron chi connectivity index (χ4n) is 2.80. The van der Waals surface area contributed by atoms with E-state index in [4.69, 9.17) is 5.11 Å². The zero-order valence-electron chi connectivity index (χ0n) is 11.9. The lowest BCUT2D eigenvalue weighted by Gasteiger charge is -2.35. The summed E-state index contributed by atoms with van der Waals surface area (Å²) in [5, 5.41) is 8.79. The first-order valence-corrected chi connectivity index (χ1v) is 7.32. The van der Waals surface area contributed by atoms with E-state index < -0.39 is 5.97 Å². The van der Waals surface area contributed by atoms with Gasteiger partial charge in [0, 0.05) is 19.0 Å². The van der Waals surface area contributed by atoms with E-state index in [0.717, 1.165) is 24.8 Å². The molecule has 21 heavy (non-hydrogen) atoms. The van der Waals surface area contributed by atoms with Crippen molar-refractivity contribution in [3.05, 3.63) is 35.6 Å². The Morgan fingerprint density at radius 2 is 1.95 bits per heavy atom. The predicted octanol–water partition coefficient (Wildman–Crippen LogP) is 2.61. The average Bonchev–Trinajstić information content (AvgIpc) is 2.47. The number of halogens is 1. The molecule has 1 N–H and O–H groups in total. The van der Waals surface area contributed by atoms with Gasteiger partial charge in [0.15, 0.2) is 0 Å². The lowest BCUT2D eigenvalue weighted by molar-refractivity contribution is -0.139. The highest BCUT2D eigenvalue weighted by atomic mass is 19.1. The maximum Gasteiger partial charge on any atom is 0.303 e. The van der Waals surface area contributed by atoms with E-state index in [-0.39, 0.29) is 30.6 Å². The molecule has 0 aromatic heterocycles. The van der Waals surface area contributed by atoms with Crippen LogP contribution in [0.5, 0.6) is 0 Å². The number of hydrogen-bond acceptors (Lipinski definition) is 2. The van der Waals surface area contributed by atoms with Crippen molar-refractivity contribution in [1.82, 2.24) is 4.90 Å². The number of rotatable bonds is 5. The third-order valence-electron chi connectivity index (χ3n) is 3.91. The van der Waals surface area contributed by atoms with E-state index in [1.807, 2.05) is 0 Å². The molecule has 0 spiro atoms. The molecule has 1 fully saturated rings. The summed E-state index contributed by atoms with van der Waals surface area (Å²) < 4.78 is 12.9. The first-order valence-electron chi connectivity index (χ1n) is 7.32. The Bertz CT molecular complexity index is 501. The molecule has 0 bridgehead atoms. The maximum absolute atomic E-state index is 12.9. The van der Waals surface area contributed by atoms with Gasteiger partial charge in [-0.25, -0.2) is 4.39 Å². The first kappa shape index (κ1) is 15.5. The van der Waals surface area contributed by atoms with Gasteiger partial charge in [-0.3, -0.25) is 9.59 Å². The molecular formula is C16H20FNO3. The van der Waals surface area contributed by atoms with Crippen LogP contribution in [0.2, 0.25) is 0 Å². The molecule has 0 unspecified atom stereocenters. The van der Waals surface area contributed by atoms with Crippen LogP contribution < -0.4 is 0 Å². The topological polar surface area (TPSA) is 57.6 Å². The smallest absolute Gasteiger partial charge is 0.303 e. The number of benzene rings is 1. The molecule has 114 valence electrons. The van der Waals surface area contributed by atoms with Gasteiger partial charge < -0.3 is 10.0 Å². The van der Waals surface area contributed by atoms with Crippen LogP contribution in [0.25, 0.3) is 0 Å². The molecule has 0 aliphatic carbocycles. The molecule has 1 atom stereocenters. The zero-order valence-corrected chi connectivity index (χ0v) is 11.9. The monoisotopic (exact) mass is 293 g/mol. The second-order valence-electron chi connectivity index (χ2n) is 5.47. The Kier molecular flexibility index (Phi) is 5.31. The molecule has 1 aromatic carbocycles. The van der Waals surface area contributed by atoms with Crippen molar-refractivity contribution in [3.63, 3.8) is 0 Å². The summed E-state index contributed by atoms with van der Waals surface area (Å²) in [4.78, 5) is 24.9. The molecular weight excluding hydrogens is 273 g/mol. The number of piperidine rings is 1. The van der Waals surface area contributed by atoms with Crippen LogP contribution in [0, 0.1) is 5.82 Å². The lowest BCUT2D eigenvalue weighted by atomic mass is 9.97. The number of carbonyl (C=O) groups excluding carboxylic acids is 1. The van der Waals surface area contributed by atoms with E-state index in [2.05, 4.69) is 0 Å². The van der Waals surface area contributed by atoms with Crippen LogP contribution >= 0.6 is 0 Å². The van der Waals surface area contributed by atoms with Crippen molar-refractivity contribution in [2.75, 3.05) is 6.54 Å². The first-order chi connectivity index (χ1) is 10.1. The summed E-state index contributed by atoms with van der Waals surface area (Å²) in [6.45, 7) is 0.685. The normalized spacial score (nSPS) is 18.5. The minimum Gasteiger partial charge on any atom is -0.481 e. The van der Waals surface area contributed by atoms with E-state index in [9.17, 15) is 14.0 Å². The van der Waals surface area contributed by atoms with Crippen molar-refractivity contribution in [2.45, 2.75) is 44.6 Å². The average molecular weight is 293 g/mol. The molecule has 1 saturated heterocycles. The Labute approximate surface area is 123 Å². The van der Waals surface area contributed by atoms with Gasteiger partial charge in [-0.05, 0) is 43.4 Å². The van der Waals surface area contributed by atoms with Crippen molar-refractivity contribution < 1.29 is 19.1 Å². The van der Waals surface area contributed by atoms with Gasteiger partial charge in [-0.1, -0.05) is 12.1 Å². The Morgan fingerprint density at radius 1 is 1.24 bits per heavy atom. The number of carboxylic acid groups (broad SMARTS) is 1. The lowest BCUT2D eigenvalue weighted by Crippen LogP contribution is -2.44. The molecule has 0 saturated carbocycles. The molecule has 1 aromatic rings. The maximum atomic E-state index is 12.9. The van der Waals surface area contributed by atoms with Crippen molar-refractivity contribution in [1.29, 1.82) is 0 Å². The standard InChI is InChI=1S/C16H20FNO3/c17-13-6-4-12(5-7-13)11-15(19)18-10-2-1-3-14(18)8-9-16(20)21/h4-7,14H,1-3,8-11H2,(H,20,21)/t14-/m1/s1. The summed E-state index contributed by atoms with van der Waals surface area (Å²) in [5.41, 5.74) is 0.781. The SMILES string of the molecule is O=C(O)CC[C@H]1CCCCN1C(=O)Cc1ccc(F)cc1. The Hall–Kier alpha value is -1.91. The highest BCUT2D eigenvalue weighted by Gasteiger charge is 2.26. The molecule has 1 heterocycles. The number of amides is 1. The molecule has 2 rings (SSSR count). The number of nitrogens with zero attached hydrogens (tertiary/aromatic N) is 1. The molecule has 1 aliphatic heterocycles. The van der Waals surface area contributed by atoms with Crippen LogP contribution in [0.15, 0.2) is 24.3 Å². The van der Waals surface area contributed by atoms with Gasteiger partial charge in [-0.15, -0.1) is 0 Å². The third-order valence-corrected chi connectivity index (χ3v) is 3.91. The van der Waals surface area contributed by atoms with Gasteiger partial charge >= 0.3 is 5.97 Å². The van der Waals surface area contributed by atoms with Gasteiger partial charge in [-0.2, -0.15) is 0 Å². The molecule has 0 radical (unpaired) electrons. The number of carboxylic acids is 1. The second-order valence-corrected chi connectivity index (χ2v) is 5.47. The fraction of sp³-hybridized carbons (Fsp3) is 0.500. The Balaban J connectivity index is 1.97. The van der Waals surface area contributed by atoms with Crippen molar-refractivity contribution in [3.8, 4) is 0 Å². The van der Waals surface area contributed by atoms with Crippen molar-refractivity contribution in [2.24, 2.45) is 0 Å². The van der Waals surface area contributed by atoms with Crippen LogP contribution in [-0.2, 0) is 16.0 Å². The van der Waals surface area contributed by atoms with E-state index in [1.165, 1.54) is 12.1 Å². The van der Waals surface area contributed by atoms with Crippen LogP contribution in [0.1, 0.15) is 37.7 Å². The van der Waals surface area contributed by atoms with E-state index in [0.29, 0.717) is 13.0 Å². The number of likely N-dealkylation sites (tertiary alicyclic amines) is 1. The van der Waals surface area contributed by atoms with E-state index in [1.54, 1.807) is 17.0 Å². The third kappa shape index (κ3) is 4.55. The van der Waals surface area contributed by atoms with Gasteiger partial charge in [0.05, 0.1) is 6.42 Å². The second kappa shape index (κ2) is 7.20. The molecule has 5 heteroatoms. The predicted molar refractivity (Wildman–Crippen MR) is 76.3 cm³/mol. The number of aliphatic carboxylic acids is 1. The summed E-state index contributed by atoms with van der Waals surface area (Å²) >= 11 is 0. The number of hydrogen-bond donors (Lipinski definition) is 1. The summed E-state index contributed by atoms with van der Waals surface area (Å²) in [5.74, 6) is -1.15. The molecule has 1 aliphatic rings. The van der Waals surface area contributed by atoms with Crippen LogP contribution in [0.3, 0.4) is 0 Å². The molecule has 1 amide bonds. The fourth-order valence-corrected chi connectivity index (χ4v) is 2.80. The van der Waals surface area contributed by atoms with E-state index >= 15 is 0 Å². The van der Waals surface area contributed by atoms with Crippen LogP contribution in [-0.4, -0.2) is 34.5 Å². The zero-order chi connectivity index (χ0) is 15.2. The quantitative estimate of drug-likeness (QED) is 0.908. The minimum atomic E-state index is -0.827. The largest absolute Gasteiger partial charge is 0.481 e. The highest BCUT2D eigenvalue weighted by molar-refractivity contribution is 5.79.